The van der Waals surface area contributed by atoms with Gasteiger partial charge in [0, 0.05) is 31.4 Å². The number of nitrogens with one attached hydrogen (secondary N) is 2. The molecule has 1 aliphatic rings. The molecule has 1 fully saturated rings. The van der Waals surface area contributed by atoms with Crippen molar-refractivity contribution in [1.82, 2.24) is 15.6 Å². The molecule has 0 radical (unpaired) electrons. The highest BCUT2D eigenvalue weighted by atomic mass is 16.1. The summed E-state index contributed by atoms with van der Waals surface area (Å²) in [5, 5.41) is 6.46. The molecule has 4 nitrogen and oxygen atoms in total. The van der Waals surface area contributed by atoms with Crippen LogP contribution in [0.25, 0.3) is 0 Å². The summed E-state index contributed by atoms with van der Waals surface area (Å²) in [7, 11) is 0. The van der Waals surface area contributed by atoms with E-state index in [2.05, 4.69) is 21.7 Å². The molecule has 0 aliphatic heterocycles. The second-order valence-corrected chi connectivity index (χ2v) is 5.87. The van der Waals surface area contributed by atoms with Crippen molar-refractivity contribution in [3.05, 3.63) is 30.1 Å². The van der Waals surface area contributed by atoms with Gasteiger partial charge < -0.3 is 10.6 Å². The zero-order valence-electron chi connectivity index (χ0n) is 12.8. The van der Waals surface area contributed by atoms with Crippen LogP contribution in [0.3, 0.4) is 0 Å². The van der Waals surface area contributed by atoms with Crippen LogP contribution in [-0.4, -0.2) is 24.0 Å². The Bertz CT molecular complexity index is 400. The Morgan fingerprint density at radius 1 is 1.19 bits per heavy atom. The van der Waals surface area contributed by atoms with Crippen molar-refractivity contribution < 1.29 is 4.79 Å². The SMILES string of the molecule is O=C(NCCCNCc1cccnc1)C1CCCCCC1. The minimum atomic E-state index is 0.260. The Morgan fingerprint density at radius 3 is 2.71 bits per heavy atom. The molecule has 1 aromatic heterocycles. The molecule has 2 rings (SSSR count). The number of carbonyl (C=O) groups excluding carboxylic acids is 1. The van der Waals surface area contributed by atoms with E-state index in [1.54, 1.807) is 6.20 Å². The van der Waals surface area contributed by atoms with Crippen molar-refractivity contribution in [2.24, 2.45) is 5.92 Å². The zero-order valence-corrected chi connectivity index (χ0v) is 12.8. The van der Waals surface area contributed by atoms with Crippen molar-refractivity contribution in [3.63, 3.8) is 0 Å². The highest BCUT2D eigenvalue weighted by Gasteiger charge is 2.19. The van der Waals surface area contributed by atoms with Crippen molar-refractivity contribution >= 4 is 5.91 Å². The van der Waals surface area contributed by atoms with E-state index >= 15 is 0 Å². The summed E-state index contributed by atoms with van der Waals surface area (Å²) in [6.45, 7) is 2.53. The van der Waals surface area contributed by atoms with Gasteiger partial charge in [-0.05, 0) is 37.4 Å². The Hall–Kier alpha value is -1.42. The normalized spacial score (nSPS) is 16.4. The van der Waals surface area contributed by atoms with Gasteiger partial charge in [-0.3, -0.25) is 9.78 Å². The van der Waals surface area contributed by atoms with Gasteiger partial charge in [0.15, 0.2) is 0 Å². The fourth-order valence-corrected chi connectivity index (χ4v) is 2.85. The second-order valence-electron chi connectivity index (χ2n) is 5.87. The van der Waals surface area contributed by atoms with Crippen LogP contribution >= 0.6 is 0 Å². The molecule has 0 unspecified atom stereocenters. The summed E-state index contributed by atoms with van der Waals surface area (Å²) in [5.74, 6) is 0.528. The van der Waals surface area contributed by atoms with Crippen LogP contribution in [-0.2, 0) is 11.3 Å². The third-order valence-electron chi connectivity index (χ3n) is 4.11. The average molecular weight is 289 g/mol. The highest BCUT2D eigenvalue weighted by Crippen LogP contribution is 2.22. The van der Waals surface area contributed by atoms with E-state index in [1.165, 1.54) is 31.2 Å². The first-order valence-electron chi connectivity index (χ1n) is 8.23. The predicted octanol–water partition coefficient (Wildman–Crippen LogP) is 2.65. The fraction of sp³-hybridized carbons (Fsp3) is 0.647. The third-order valence-corrected chi connectivity index (χ3v) is 4.11. The first-order valence-corrected chi connectivity index (χ1v) is 8.23. The molecule has 0 bridgehead atoms. The lowest BCUT2D eigenvalue weighted by atomic mass is 9.99. The molecule has 1 aliphatic carbocycles. The number of aromatic nitrogens is 1. The second kappa shape index (κ2) is 9.50. The number of hydrogen-bond donors (Lipinski definition) is 2. The lowest BCUT2D eigenvalue weighted by Gasteiger charge is -2.14. The molecule has 0 spiro atoms. The van der Waals surface area contributed by atoms with Crippen LogP contribution in [0.5, 0.6) is 0 Å². The van der Waals surface area contributed by atoms with E-state index in [-0.39, 0.29) is 11.8 Å². The van der Waals surface area contributed by atoms with E-state index in [0.29, 0.717) is 0 Å². The van der Waals surface area contributed by atoms with Crippen LogP contribution in [0, 0.1) is 5.92 Å². The Kier molecular flexibility index (Phi) is 7.22. The quantitative estimate of drug-likeness (QED) is 0.599. The molecular weight excluding hydrogens is 262 g/mol. The largest absolute Gasteiger partial charge is 0.356 e. The molecule has 4 heteroatoms. The summed E-state index contributed by atoms with van der Waals surface area (Å²) in [6.07, 6.45) is 11.8. The van der Waals surface area contributed by atoms with E-state index in [1.807, 2.05) is 12.3 Å². The molecular formula is C17H27N3O. The summed E-state index contributed by atoms with van der Waals surface area (Å²) >= 11 is 0. The minimum Gasteiger partial charge on any atom is -0.356 e. The maximum absolute atomic E-state index is 12.1. The molecule has 0 saturated heterocycles. The van der Waals surface area contributed by atoms with Crippen LogP contribution in [0.1, 0.15) is 50.5 Å². The molecule has 0 atom stereocenters. The van der Waals surface area contributed by atoms with Gasteiger partial charge >= 0.3 is 0 Å². The molecule has 21 heavy (non-hydrogen) atoms. The molecule has 1 saturated carbocycles. The van der Waals surface area contributed by atoms with E-state index < -0.39 is 0 Å². The Morgan fingerprint density at radius 2 is 2.00 bits per heavy atom. The van der Waals surface area contributed by atoms with Crippen LogP contribution in [0.15, 0.2) is 24.5 Å². The van der Waals surface area contributed by atoms with Gasteiger partial charge in [0.2, 0.25) is 5.91 Å². The van der Waals surface area contributed by atoms with Gasteiger partial charge in [-0.2, -0.15) is 0 Å². The maximum atomic E-state index is 12.1. The molecule has 1 heterocycles. The van der Waals surface area contributed by atoms with Crippen molar-refractivity contribution in [1.29, 1.82) is 0 Å². The number of nitrogens with zero attached hydrogens (tertiary/aromatic N) is 1. The van der Waals surface area contributed by atoms with Gasteiger partial charge in [-0.1, -0.05) is 31.7 Å². The predicted molar refractivity (Wildman–Crippen MR) is 84.8 cm³/mol. The van der Waals surface area contributed by atoms with Gasteiger partial charge in [-0.15, -0.1) is 0 Å². The standard InChI is InChI=1S/C17H27N3O/c21-17(16-8-3-1-2-4-9-16)20-12-6-11-19-14-15-7-5-10-18-13-15/h5,7,10,13,16,19H,1-4,6,8-9,11-12,14H2,(H,20,21). The average Bonchev–Trinajstić information content (AvgIpc) is 2.81. The van der Waals surface area contributed by atoms with E-state index in [9.17, 15) is 4.79 Å². The van der Waals surface area contributed by atoms with Crippen LogP contribution < -0.4 is 10.6 Å². The monoisotopic (exact) mass is 289 g/mol. The minimum absolute atomic E-state index is 0.260. The van der Waals surface area contributed by atoms with Crippen LogP contribution in [0.2, 0.25) is 0 Å². The van der Waals surface area contributed by atoms with Crippen molar-refractivity contribution in [2.45, 2.75) is 51.5 Å². The lowest BCUT2D eigenvalue weighted by Crippen LogP contribution is -2.32. The topological polar surface area (TPSA) is 54.0 Å². The van der Waals surface area contributed by atoms with Gasteiger partial charge in [0.1, 0.15) is 0 Å². The first-order chi connectivity index (χ1) is 10.4. The van der Waals surface area contributed by atoms with Gasteiger partial charge in [0.05, 0.1) is 0 Å². The van der Waals surface area contributed by atoms with Gasteiger partial charge in [-0.25, -0.2) is 0 Å². The molecule has 116 valence electrons. The maximum Gasteiger partial charge on any atom is 0.223 e. The highest BCUT2D eigenvalue weighted by molar-refractivity contribution is 5.78. The number of rotatable bonds is 7. The summed E-state index contributed by atoms with van der Waals surface area (Å²) in [5.41, 5.74) is 1.19. The first kappa shape index (κ1) is 16.0. The number of hydrogen-bond acceptors (Lipinski definition) is 3. The summed E-state index contributed by atoms with van der Waals surface area (Å²) in [4.78, 5) is 16.2. The van der Waals surface area contributed by atoms with E-state index in [4.69, 9.17) is 0 Å². The molecule has 1 amide bonds. The zero-order chi connectivity index (χ0) is 14.8. The van der Waals surface area contributed by atoms with E-state index in [0.717, 1.165) is 38.9 Å². The summed E-state index contributed by atoms with van der Waals surface area (Å²) in [6, 6.07) is 4.01. The third kappa shape index (κ3) is 6.25. The van der Waals surface area contributed by atoms with Gasteiger partial charge in [0.25, 0.3) is 0 Å². The molecule has 1 aromatic rings. The Balaban J connectivity index is 1.52. The van der Waals surface area contributed by atoms with Crippen molar-refractivity contribution in [2.75, 3.05) is 13.1 Å². The molecule has 2 N–H and O–H groups in total. The Labute approximate surface area is 127 Å². The number of pyridine rings is 1. The molecule has 0 aromatic carbocycles. The number of carbonyl (C=O) groups is 1. The lowest BCUT2D eigenvalue weighted by molar-refractivity contribution is -0.125. The smallest absolute Gasteiger partial charge is 0.223 e. The van der Waals surface area contributed by atoms with Crippen molar-refractivity contribution in [3.8, 4) is 0 Å². The summed E-state index contributed by atoms with van der Waals surface area (Å²) < 4.78 is 0. The van der Waals surface area contributed by atoms with Crippen LogP contribution in [0.4, 0.5) is 0 Å². The number of amides is 1. The fourth-order valence-electron chi connectivity index (χ4n) is 2.85.